The average molecular weight is 419 g/mol. The topological polar surface area (TPSA) is 66.1 Å². The van der Waals surface area contributed by atoms with Crippen molar-refractivity contribution in [3.8, 4) is 5.69 Å². The summed E-state index contributed by atoms with van der Waals surface area (Å²) in [6, 6.07) is 14.3. The van der Waals surface area contributed by atoms with Crippen molar-refractivity contribution >= 4 is 16.9 Å². The largest absolute Gasteiger partial charge is 0.454 e. The predicted octanol–water partition coefficient (Wildman–Crippen LogP) is 4.32. The van der Waals surface area contributed by atoms with Crippen molar-refractivity contribution in [1.82, 2.24) is 14.1 Å². The van der Waals surface area contributed by atoms with Crippen molar-refractivity contribution < 1.29 is 13.9 Å². The SMILES string of the molecule is CCn1c(C)cc(C(=O)OCc2nc3ccccc3c(=O)n2-c2ccc(F)cc2)c1C. The molecule has 0 fully saturated rings. The van der Waals surface area contributed by atoms with E-state index in [9.17, 15) is 14.0 Å². The van der Waals surface area contributed by atoms with Gasteiger partial charge in [0.1, 0.15) is 12.4 Å². The van der Waals surface area contributed by atoms with E-state index in [1.54, 1.807) is 30.3 Å². The van der Waals surface area contributed by atoms with Gasteiger partial charge in [-0.1, -0.05) is 12.1 Å². The maximum absolute atomic E-state index is 13.4. The molecule has 0 aliphatic carbocycles. The fourth-order valence-electron chi connectivity index (χ4n) is 3.83. The van der Waals surface area contributed by atoms with Gasteiger partial charge in [-0.25, -0.2) is 14.2 Å². The normalized spacial score (nSPS) is 11.1. The lowest BCUT2D eigenvalue weighted by Crippen LogP contribution is -2.25. The molecule has 0 saturated carbocycles. The fourth-order valence-corrected chi connectivity index (χ4v) is 3.83. The third-order valence-corrected chi connectivity index (χ3v) is 5.37. The van der Waals surface area contributed by atoms with Gasteiger partial charge in [-0.3, -0.25) is 9.36 Å². The Hall–Kier alpha value is -3.74. The quantitative estimate of drug-likeness (QED) is 0.452. The Morgan fingerprint density at radius 2 is 1.81 bits per heavy atom. The number of para-hydroxylation sites is 1. The number of rotatable bonds is 5. The molecule has 4 aromatic rings. The van der Waals surface area contributed by atoms with Gasteiger partial charge in [0, 0.05) is 17.9 Å². The maximum atomic E-state index is 13.4. The molecule has 0 bridgehead atoms. The zero-order chi connectivity index (χ0) is 22.1. The monoisotopic (exact) mass is 419 g/mol. The highest BCUT2D eigenvalue weighted by atomic mass is 19.1. The summed E-state index contributed by atoms with van der Waals surface area (Å²) in [6.07, 6.45) is 0. The Labute approximate surface area is 178 Å². The lowest BCUT2D eigenvalue weighted by Gasteiger charge is -2.14. The number of carbonyl (C=O) groups is 1. The number of hydrogen-bond donors (Lipinski definition) is 0. The molecule has 0 radical (unpaired) electrons. The number of carbonyl (C=O) groups excluding carboxylic acids is 1. The van der Waals surface area contributed by atoms with E-state index in [4.69, 9.17) is 4.74 Å². The van der Waals surface area contributed by atoms with E-state index in [0.717, 1.165) is 17.9 Å². The minimum absolute atomic E-state index is 0.202. The molecule has 0 amide bonds. The molecule has 0 unspecified atom stereocenters. The van der Waals surface area contributed by atoms with Crippen molar-refractivity contribution in [2.45, 2.75) is 33.9 Å². The fraction of sp³-hybridized carbons (Fsp3) is 0.208. The molecule has 7 heteroatoms. The Bertz CT molecular complexity index is 1340. The molecule has 0 aliphatic heterocycles. The zero-order valence-corrected chi connectivity index (χ0v) is 17.6. The smallest absolute Gasteiger partial charge is 0.340 e. The first-order valence-corrected chi connectivity index (χ1v) is 10.0. The van der Waals surface area contributed by atoms with Gasteiger partial charge < -0.3 is 9.30 Å². The Kier molecular flexibility index (Phi) is 5.42. The number of aryl methyl sites for hydroxylation is 1. The molecule has 0 atom stereocenters. The second-order valence-electron chi connectivity index (χ2n) is 7.27. The average Bonchev–Trinajstić information content (AvgIpc) is 3.06. The Balaban J connectivity index is 1.74. The molecule has 6 nitrogen and oxygen atoms in total. The van der Waals surface area contributed by atoms with Crippen LogP contribution in [0.5, 0.6) is 0 Å². The molecule has 0 spiro atoms. The van der Waals surface area contributed by atoms with Crippen molar-refractivity contribution in [2.24, 2.45) is 0 Å². The van der Waals surface area contributed by atoms with Gasteiger partial charge in [-0.15, -0.1) is 0 Å². The molecule has 2 heterocycles. The van der Waals surface area contributed by atoms with Crippen LogP contribution in [0.1, 0.15) is 34.5 Å². The third-order valence-electron chi connectivity index (χ3n) is 5.37. The van der Waals surface area contributed by atoms with E-state index in [1.807, 2.05) is 25.3 Å². The lowest BCUT2D eigenvalue weighted by atomic mass is 10.2. The van der Waals surface area contributed by atoms with E-state index in [1.165, 1.54) is 28.8 Å². The molecule has 158 valence electrons. The van der Waals surface area contributed by atoms with Crippen LogP contribution in [-0.4, -0.2) is 20.1 Å². The van der Waals surface area contributed by atoms with E-state index in [-0.39, 0.29) is 18.0 Å². The number of aromatic nitrogens is 3. The summed E-state index contributed by atoms with van der Waals surface area (Å²) in [5.74, 6) is -0.640. The maximum Gasteiger partial charge on any atom is 0.340 e. The molecule has 0 aliphatic rings. The van der Waals surface area contributed by atoms with Crippen molar-refractivity contribution in [3.05, 3.63) is 93.5 Å². The Morgan fingerprint density at radius 1 is 1.10 bits per heavy atom. The van der Waals surface area contributed by atoms with Crippen LogP contribution in [0.2, 0.25) is 0 Å². The summed E-state index contributed by atoms with van der Waals surface area (Å²) in [5, 5.41) is 0.424. The lowest BCUT2D eigenvalue weighted by molar-refractivity contribution is 0.0458. The first kappa shape index (κ1) is 20.5. The highest BCUT2D eigenvalue weighted by Crippen LogP contribution is 2.18. The number of fused-ring (bicyclic) bond motifs is 1. The van der Waals surface area contributed by atoms with Gasteiger partial charge in [-0.05, 0) is 63.2 Å². The molecular weight excluding hydrogens is 397 g/mol. The summed E-state index contributed by atoms with van der Waals surface area (Å²) >= 11 is 0. The van der Waals surface area contributed by atoms with Crippen LogP contribution in [0.25, 0.3) is 16.6 Å². The van der Waals surface area contributed by atoms with Gasteiger partial charge >= 0.3 is 5.97 Å². The van der Waals surface area contributed by atoms with Crippen LogP contribution < -0.4 is 5.56 Å². The summed E-state index contributed by atoms with van der Waals surface area (Å²) in [7, 11) is 0. The van der Waals surface area contributed by atoms with Gasteiger partial charge in [0.15, 0.2) is 5.82 Å². The van der Waals surface area contributed by atoms with E-state index in [0.29, 0.717) is 22.2 Å². The number of hydrogen-bond acceptors (Lipinski definition) is 4. The van der Waals surface area contributed by atoms with Crippen LogP contribution in [0, 0.1) is 19.7 Å². The number of halogens is 1. The first-order chi connectivity index (χ1) is 14.9. The van der Waals surface area contributed by atoms with Crippen LogP contribution in [-0.2, 0) is 17.9 Å². The minimum atomic E-state index is -0.485. The van der Waals surface area contributed by atoms with Gasteiger partial charge in [0.2, 0.25) is 0 Å². The van der Waals surface area contributed by atoms with Crippen LogP contribution in [0.15, 0.2) is 59.4 Å². The second-order valence-corrected chi connectivity index (χ2v) is 7.27. The summed E-state index contributed by atoms with van der Waals surface area (Å²) in [6.45, 7) is 6.36. The van der Waals surface area contributed by atoms with E-state index >= 15 is 0 Å². The second kappa shape index (κ2) is 8.18. The number of benzene rings is 2. The molecule has 4 rings (SSSR count). The predicted molar refractivity (Wildman–Crippen MR) is 116 cm³/mol. The molecule has 2 aromatic carbocycles. The molecule has 2 aromatic heterocycles. The van der Waals surface area contributed by atoms with Crippen molar-refractivity contribution in [2.75, 3.05) is 0 Å². The van der Waals surface area contributed by atoms with Crippen LogP contribution in [0.4, 0.5) is 4.39 Å². The van der Waals surface area contributed by atoms with E-state index in [2.05, 4.69) is 4.98 Å². The minimum Gasteiger partial charge on any atom is -0.454 e. The third kappa shape index (κ3) is 3.74. The highest BCUT2D eigenvalue weighted by Gasteiger charge is 2.19. The van der Waals surface area contributed by atoms with Gasteiger partial charge in [0.05, 0.1) is 22.2 Å². The van der Waals surface area contributed by atoms with Crippen LogP contribution >= 0.6 is 0 Å². The number of nitrogens with zero attached hydrogens (tertiary/aromatic N) is 3. The molecular formula is C24H22FN3O3. The molecule has 0 saturated heterocycles. The first-order valence-electron chi connectivity index (χ1n) is 10.0. The number of esters is 1. The Morgan fingerprint density at radius 3 is 2.48 bits per heavy atom. The van der Waals surface area contributed by atoms with Crippen molar-refractivity contribution in [1.29, 1.82) is 0 Å². The standard InChI is InChI=1S/C24H22FN3O3/c1-4-27-15(2)13-20(16(27)3)24(30)31-14-22-26-21-8-6-5-7-19(21)23(29)28(22)18-11-9-17(25)10-12-18/h5-13H,4,14H2,1-3H3. The van der Waals surface area contributed by atoms with Crippen molar-refractivity contribution in [3.63, 3.8) is 0 Å². The highest BCUT2D eigenvalue weighted by molar-refractivity contribution is 5.91. The molecule has 31 heavy (non-hydrogen) atoms. The van der Waals surface area contributed by atoms with E-state index < -0.39 is 11.8 Å². The number of ether oxygens (including phenoxy) is 1. The van der Waals surface area contributed by atoms with Gasteiger partial charge in [-0.2, -0.15) is 0 Å². The molecule has 0 N–H and O–H groups in total. The van der Waals surface area contributed by atoms with Gasteiger partial charge in [0.25, 0.3) is 5.56 Å². The summed E-state index contributed by atoms with van der Waals surface area (Å²) in [4.78, 5) is 30.5. The summed E-state index contributed by atoms with van der Waals surface area (Å²) < 4.78 is 22.4. The summed E-state index contributed by atoms with van der Waals surface area (Å²) in [5.41, 5.74) is 2.91. The van der Waals surface area contributed by atoms with Crippen LogP contribution in [0.3, 0.4) is 0 Å². The zero-order valence-electron chi connectivity index (χ0n) is 17.6.